The molecule has 0 N–H and O–H groups in total. The summed E-state index contributed by atoms with van der Waals surface area (Å²) in [6, 6.07) is 0. The molecule has 0 aromatic heterocycles. The van der Waals surface area contributed by atoms with E-state index in [0.29, 0.717) is 13.2 Å². The van der Waals surface area contributed by atoms with Crippen molar-refractivity contribution in [3.8, 4) is 0 Å². The number of allylic oxidation sites excluding steroid dienone is 2. The average Bonchev–Trinajstić information content (AvgIpc) is 1.98. The van der Waals surface area contributed by atoms with Crippen molar-refractivity contribution in [2.24, 2.45) is 0 Å². The maximum absolute atomic E-state index is 5.10. The molecule has 2 heteroatoms. The number of hydrogen-bond donors (Lipinski definition) is 0. The van der Waals surface area contributed by atoms with Gasteiger partial charge in [0.1, 0.15) is 12.4 Å². The van der Waals surface area contributed by atoms with Crippen LogP contribution in [0.2, 0.25) is 0 Å². The highest BCUT2D eigenvalue weighted by Gasteiger charge is 1.91. The highest BCUT2D eigenvalue weighted by molar-refractivity contribution is 5.04. The van der Waals surface area contributed by atoms with Gasteiger partial charge in [0.2, 0.25) is 0 Å². The third-order valence-corrected chi connectivity index (χ3v) is 1.01. The van der Waals surface area contributed by atoms with Crippen LogP contribution in [0.5, 0.6) is 0 Å². The normalized spacial score (nSPS) is 11.2. The Bertz CT molecular complexity index is 116. The predicted octanol–water partition coefficient (Wildman–Crippen LogP) is 1.74. The minimum absolute atomic E-state index is 0.527. The molecule has 0 aliphatic carbocycles. The molecule has 0 saturated carbocycles. The Labute approximate surface area is 62.1 Å². The van der Waals surface area contributed by atoms with Gasteiger partial charge >= 0.3 is 0 Å². The molecule has 0 unspecified atom stereocenters. The number of rotatable bonds is 5. The Morgan fingerprint density at radius 3 is 2.70 bits per heavy atom. The fraction of sp³-hybridized carbons (Fsp3) is 0.500. The van der Waals surface area contributed by atoms with Gasteiger partial charge in [-0.1, -0.05) is 12.7 Å². The van der Waals surface area contributed by atoms with Crippen LogP contribution in [-0.2, 0) is 9.47 Å². The molecule has 0 aliphatic heterocycles. The summed E-state index contributed by atoms with van der Waals surface area (Å²) >= 11 is 0. The third kappa shape index (κ3) is 4.15. The molecule has 0 aliphatic rings. The Kier molecular flexibility index (Phi) is 5.88. The summed E-state index contributed by atoms with van der Waals surface area (Å²) in [7, 11) is 1.62. The summed E-state index contributed by atoms with van der Waals surface area (Å²) in [5.41, 5.74) is 0. The van der Waals surface area contributed by atoms with E-state index < -0.39 is 0 Å². The molecule has 0 aromatic carbocycles. The zero-order valence-electron chi connectivity index (χ0n) is 6.59. The van der Waals surface area contributed by atoms with E-state index >= 15 is 0 Å². The van der Waals surface area contributed by atoms with Crippen LogP contribution < -0.4 is 0 Å². The van der Waals surface area contributed by atoms with E-state index in [-0.39, 0.29) is 0 Å². The molecule has 0 atom stereocenters. The van der Waals surface area contributed by atoms with Gasteiger partial charge in [-0.05, 0) is 13.0 Å². The number of methoxy groups -OCH3 is 1. The van der Waals surface area contributed by atoms with Crippen LogP contribution in [0.1, 0.15) is 6.92 Å². The second-order valence-corrected chi connectivity index (χ2v) is 1.71. The summed E-state index contributed by atoms with van der Waals surface area (Å²) in [5, 5.41) is 0. The van der Waals surface area contributed by atoms with Crippen molar-refractivity contribution in [3.63, 3.8) is 0 Å². The topological polar surface area (TPSA) is 18.5 Å². The van der Waals surface area contributed by atoms with Crippen molar-refractivity contribution in [2.45, 2.75) is 6.92 Å². The van der Waals surface area contributed by atoms with Crippen LogP contribution in [0.25, 0.3) is 0 Å². The highest BCUT2D eigenvalue weighted by Crippen LogP contribution is 1.95. The fourth-order valence-corrected chi connectivity index (χ4v) is 0.509. The van der Waals surface area contributed by atoms with Crippen LogP contribution in [0.3, 0.4) is 0 Å². The van der Waals surface area contributed by atoms with E-state index in [1.54, 1.807) is 19.3 Å². The van der Waals surface area contributed by atoms with Crippen LogP contribution >= 0.6 is 0 Å². The van der Waals surface area contributed by atoms with Crippen molar-refractivity contribution in [1.29, 1.82) is 0 Å². The van der Waals surface area contributed by atoms with E-state index in [2.05, 4.69) is 6.58 Å². The molecule has 0 heterocycles. The Balaban J connectivity index is 3.59. The van der Waals surface area contributed by atoms with Gasteiger partial charge in [0, 0.05) is 6.61 Å². The highest BCUT2D eigenvalue weighted by atomic mass is 16.5. The zero-order valence-corrected chi connectivity index (χ0v) is 6.59. The molecule has 0 amide bonds. The van der Waals surface area contributed by atoms with E-state index in [9.17, 15) is 0 Å². The first-order valence-corrected chi connectivity index (χ1v) is 3.28. The van der Waals surface area contributed by atoms with Gasteiger partial charge in [0.15, 0.2) is 0 Å². The lowest BCUT2D eigenvalue weighted by atomic mass is 10.4. The van der Waals surface area contributed by atoms with Gasteiger partial charge in [0.05, 0.1) is 7.11 Å². The first-order chi connectivity index (χ1) is 4.85. The van der Waals surface area contributed by atoms with Crippen molar-refractivity contribution >= 4 is 0 Å². The summed E-state index contributed by atoms with van der Waals surface area (Å²) < 4.78 is 10.1. The average molecular weight is 142 g/mol. The minimum atomic E-state index is 0.527. The molecule has 58 valence electrons. The van der Waals surface area contributed by atoms with Crippen LogP contribution in [0, 0.1) is 0 Å². The Morgan fingerprint density at radius 2 is 2.30 bits per heavy atom. The smallest absolute Gasteiger partial charge is 0.121 e. The third-order valence-electron chi connectivity index (χ3n) is 1.01. The minimum Gasteiger partial charge on any atom is -0.499 e. The molecule has 0 spiro atoms. The van der Waals surface area contributed by atoms with Crippen LogP contribution in [0.15, 0.2) is 24.5 Å². The monoisotopic (exact) mass is 142 g/mol. The summed E-state index contributed by atoms with van der Waals surface area (Å²) in [6.07, 6.45) is 3.47. The number of ether oxygens (including phenoxy) is 2. The van der Waals surface area contributed by atoms with E-state index in [1.165, 1.54) is 0 Å². The van der Waals surface area contributed by atoms with Crippen molar-refractivity contribution in [3.05, 3.63) is 24.5 Å². The fourth-order valence-electron chi connectivity index (χ4n) is 0.509. The Hall–Kier alpha value is -0.760. The molecule has 0 radical (unpaired) electrons. The molecular formula is C8H14O2. The van der Waals surface area contributed by atoms with Gasteiger partial charge in [-0.2, -0.15) is 0 Å². The first kappa shape index (κ1) is 9.24. The molecule has 0 fully saturated rings. The van der Waals surface area contributed by atoms with Gasteiger partial charge in [-0.3, -0.25) is 0 Å². The largest absolute Gasteiger partial charge is 0.499 e. The van der Waals surface area contributed by atoms with Gasteiger partial charge < -0.3 is 9.47 Å². The predicted molar refractivity (Wildman–Crippen MR) is 41.8 cm³/mol. The van der Waals surface area contributed by atoms with E-state index in [0.717, 1.165) is 5.76 Å². The zero-order chi connectivity index (χ0) is 7.82. The second kappa shape index (κ2) is 6.36. The quantitative estimate of drug-likeness (QED) is 0.430. The van der Waals surface area contributed by atoms with Crippen LogP contribution in [0.4, 0.5) is 0 Å². The lowest BCUT2D eigenvalue weighted by molar-refractivity contribution is 0.124. The summed E-state index contributed by atoms with van der Waals surface area (Å²) in [4.78, 5) is 0. The molecule has 2 nitrogen and oxygen atoms in total. The second-order valence-electron chi connectivity index (χ2n) is 1.71. The van der Waals surface area contributed by atoms with Crippen molar-refractivity contribution < 1.29 is 9.47 Å². The molecule has 10 heavy (non-hydrogen) atoms. The lowest BCUT2D eigenvalue weighted by Crippen LogP contribution is -1.98. The van der Waals surface area contributed by atoms with E-state index in [1.807, 2.05) is 6.92 Å². The number of hydrogen-bond acceptors (Lipinski definition) is 2. The summed E-state index contributed by atoms with van der Waals surface area (Å²) in [6.45, 7) is 6.72. The molecular weight excluding hydrogens is 128 g/mol. The molecule has 0 aromatic rings. The Morgan fingerprint density at radius 1 is 1.60 bits per heavy atom. The SMILES string of the molecule is C=C/C=C(/COCC)OC. The van der Waals surface area contributed by atoms with Gasteiger partial charge in [0.25, 0.3) is 0 Å². The molecule has 0 saturated heterocycles. The lowest BCUT2D eigenvalue weighted by Gasteiger charge is -2.03. The van der Waals surface area contributed by atoms with Crippen molar-refractivity contribution in [1.82, 2.24) is 0 Å². The van der Waals surface area contributed by atoms with Crippen molar-refractivity contribution in [2.75, 3.05) is 20.3 Å². The maximum atomic E-state index is 5.10. The molecule has 0 rings (SSSR count). The van der Waals surface area contributed by atoms with Crippen LogP contribution in [-0.4, -0.2) is 20.3 Å². The van der Waals surface area contributed by atoms with Gasteiger partial charge in [-0.25, -0.2) is 0 Å². The molecule has 0 bridgehead atoms. The first-order valence-electron chi connectivity index (χ1n) is 3.28. The van der Waals surface area contributed by atoms with Gasteiger partial charge in [-0.15, -0.1) is 0 Å². The summed E-state index contributed by atoms with van der Waals surface area (Å²) in [5.74, 6) is 0.803. The standard InChI is InChI=1S/C8H14O2/c1-4-6-8(9-3)7-10-5-2/h4,6H,1,5,7H2,2-3H3/b8-6-. The maximum Gasteiger partial charge on any atom is 0.121 e. The van der Waals surface area contributed by atoms with E-state index in [4.69, 9.17) is 9.47 Å².